The number of hydrogen-bond acceptors (Lipinski definition) is 2. The van der Waals surface area contributed by atoms with Crippen LogP contribution in [0.1, 0.15) is 43.0 Å². The molecular weight excluding hydrogens is 323 g/mol. The Kier molecular flexibility index (Phi) is 4.44. The molecule has 1 aromatic carbocycles. The largest absolute Gasteiger partial charge is 0.334 e. The van der Waals surface area contributed by atoms with Gasteiger partial charge in [0.15, 0.2) is 0 Å². The van der Waals surface area contributed by atoms with Crippen molar-refractivity contribution >= 4 is 21.8 Å². The first kappa shape index (κ1) is 15.0. The molecule has 0 atom stereocenters. The van der Waals surface area contributed by atoms with Crippen molar-refractivity contribution < 1.29 is 9.18 Å². The number of nitrogens with zero attached hydrogens (tertiary/aromatic N) is 1. The van der Waals surface area contributed by atoms with Crippen molar-refractivity contribution in [2.24, 2.45) is 5.92 Å². The van der Waals surface area contributed by atoms with Crippen molar-refractivity contribution in [3.63, 3.8) is 0 Å². The molecule has 106 valence electrons. The van der Waals surface area contributed by atoms with Gasteiger partial charge in [-0.15, -0.1) is 0 Å². The van der Waals surface area contributed by atoms with E-state index in [9.17, 15) is 14.4 Å². The maximum Gasteiger partial charge on any atom is 0.253 e. The van der Waals surface area contributed by atoms with Gasteiger partial charge in [-0.05, 0) is 65.7 Å². The molecule has 0 unspecified atom stereocenters. The van der Waals surface area contributed by atoms with Gasteiger partial charge in [0.25, 0.3) is 5.91 Å². The fourth-order valence-electron chi connectivity index (χ4n) is 2.48. The van der Waals surface area contributed by atoms with E-state index in [4.69, 9.17) is 0 Å². The molecular formula is C15H16BrFN2O. The van der Waals surface area contributed by atoms with Gasteiger partial charge >= 0.3 is 0 Å². The van der Waals surface area contributed by atoms with Gasteiger partial charge in [-0.25, -0.2) is 4.39 Å². The van der Waals surface area contributed by atoms with Crippen LogP contribution in [0.4, 0.5) is 4.39 Å². The van der Waals surface area contributed by atoms with E-state index < -0.39 is 11.4 Å². The molecule has 0 aromatic heterocycles. The molecule has 20 heavy (non-hydrogen) atoms. The van der Waals surface area contributed by atoms with Crippen LogP contribution >= 0.6 is 15.9 Å². The highest BCUT2D eigenvalue weighted by atomic mass is 79.9. The molecule has 1 saturated carbocycles. The van der Waals surface area contributed by atoms with E-state index in [2.05, 4.69) is 34.2 Å². The monoisotopic (exact) mass is 338 g/mol. The Labute approximate surface area is 126 Å². The van der Waals surface area contributed by atoms with E-state index in [1.165, 1.54) is 18.2 Å². The summed E-state index contributed by atoms with van der Waals surface area (Å²) >= 11 is 3.18. The van der Waals surface area contributed by atoms with Gasteiger partial charge in [0.2, 0.25) is 0 Å². The second kappa shape index (κ2) is 5.92. The Morgan fingerprint density at radius 1 is 1.50 bits per heavy atom. The van der Waals surface area contributed by atoms with E-state index in [0.29, 0.717) is 28.8 Å². The van der Waals surface area contributed by atoms with Gasteiger partial charge in [0, 0.05) is 4.47 Å². The Balaban J connectivity index is 2.16. The maximum atomic E-state index is 13.0. The lowest BCUT2D eigenvalue weighted by Gasteiger charge is -2.34. The number of hydrogen-bond donors (Lipinski definition) is 1. The first-order valence-electron chi connectivity index (χ1n) is 6.64. The zero-order chi connectivity index (χ0) is 14.8. The number of nitrogens with one attached hydrogen (secondary N) is 1. The van der Waals surface area contributed by atoms with Crippen LogP contribution in [0.15, 0.2) is 22.7 Å². The number of carbonyl (C=O) groups excluding carboxylic acids is 1. The summed E-state index contributed by atoms with van der Waals surface area (Å²) < 4.78 is 13.4. The lowest BCUT2D eigenvalue weighted by Crippen LogP contribution is -2.49. The van der Waals surface area contributed by atoms with E-state index in [1.54, 1.807) is 0 Å². The van der Waals surface area contributed by atoms with Gasteiger partial charge in [-0.1, -0.05) is 6.92 Å². The van der Waals surface area contributed by atoms with Crippen molar-refractivity contribution in [1.82, 2.24) is 5.32 Å². The molecule has 0 saturated heterocycles. The van der Waals surface area contributed by atoms with Crippen LogP contribution in [0, 0.1) is 23.1 Å². The fourth-order valence-corrected chi connectivity index (χ4v) is 3.01. The summed E-state index contributed by atoms with van der Waals surface area (Å²) in [6.45, 7) is 2.15. The zero-order valence-electron chi connectivity index (χ0n) is 11.2. The zero-order valence-corrected chi connectivity index (χ0v) is 12.8. The van der Waals surface area contributed by atoms with Crippen LogP contribution < -0.4 is 5.32 Å². The quantitative estimate of drug-likeness (QED) is 0.891. The fraction of sp³-hybridized carbons (Fsp3) is 0.467. The van der Waals surface area contributed by atoms with Gasteiger partial charge in [0.1, 0.15) is 11.4 Å². The minimum Gasteiger partial charge on any atom is -0.334 e. The maximum absolute atomic E-state index is 13.0. The van der Waals surface area contributed by atoms with E-state index in [1.807, 2.05) is 0 Å². The van der Waals surface area contributed by atoms with Gasteiger partial charge in [0.05, 0.1) is 11.6 Å². The molecule has 1 aliphatic rings. The van der Waals surface area contributed by atoms with E-state index >= 15 is 0 Å². The van der Waals surface area contributed by atoms with Crippen molar-refractivity contribution in [3.05, 3.63) is 34.1 Å². The minimum atomic E-state index is -0.794. The molecule has 1 amide bonds. The molecule has 1 N–H and O–H groups in total. The van der Waals surface area contributed by atoms with Crippen molar-refractivity contribution in [1.29, 1.82) is 5.26 Å². The normalized spacial score (nSPS) is 25.8. The molecule has 1 fully saturated rings. The van der Waals surface area contributed by atoms with Crippen LogP contribution in [0.5, 0.6) is 0 Å². The Morgan fingerprint density at radius 3 is 2.70 bits per heavy atom. The minimum absolute atomic E-state index is 0.340. The second-order valence-electron chi connectivity index (χ2n) is 5.45. The average Bonchev–Trinajstić information content (AvgIpc) is 2.41. The number of rotatable bonds is 2. The highest BCUT2D eigenvalue weighted by Gasteiger charge is 2.36. The third-order valence-corrected chi connectivity index (χ3v) is 4.53. The van der Waals surface area contributed by atoms with Crippen LogP contribution in [0.25, 0.3) is 0 Å². The highest BCUT2D eigenvalue weighted by molar-refractivity contribution is 9.10. The van der Waals surface area contributed by atoms with Crippen LogP contribution in [0.3, 0.4) is 0 Å². The molecule has 2 rings (SSSR count). The predicted octanol–water partition coefficient (Wildman–Crippen LogP) is 3.79. The predicted molar refractivity (Wildman–Crippen MR) is 77.5 cm³/mol. The van der Waals surface area contributed by atoms with Gasteiger partial charge in [-0.2, -0.15) is 5.26 Å². The molecule has 0 bridgehead atoms. The van der Waals surface area contributed by atoms with Crippen molar-refractivity contribution in [3.8, 4) is 6.07 Å². The summed E-state index contributed by atoms with van der Waals surface area (Å²) in [5.41, 5.74) is -0.447. The molecule has 1 aromatic rings. The molecule has 3 nitrogen and oxygen atoms in total. The topological polar surface area (TPSA) is 52.9 Å². The lowest BCUT2D eigenvalue weighted by molar-refractivity contribution is 0.0893. The lowest BCUT2D eigenvalue weighted by atomic mass is 9.78. The molecule has 0 aliphatic heterocycles. The average molecular weight is 339 g/mol. The summed E-state index contributed by atoms with van der Waals surface area (Å²) in [6, 6.07) is 6.15. The molecule has 1 aliphatic carbocycles. The Bertz CT molecular complexity index is 559. The summed E-state index contributed by atoms with van der Waals surface area (Å²) in [4.78, 5) is 12.3. The third-order valence-electron chi connectivity index (χ3n) is 3.87. The van der Waals surface area contributed by atoms with E-state index in [-0.39, 0.29) is 5.91 Å². The number of nitriles is 1. The SMILES string of the molecule is CC1CCC(C#N)(NC(=O)c2ccc(F)cc2Br)CC1. The number of amides is 1. The Hall–Kier alpha value is -1.41. The molecule has 5 heteroatoms. The first-order valence-corrected chi connectivity index (χ1v) is 7.44. The summed E-state index contributed by atoms with van der Waals surface area (Å²) in [7, 11) is 0. The standard InChI is InChI=1S/C15H16BrFN2O/c1-10-4-6-15(9-18,7-5-10)19-14(20)12-3-2-11(17)8-13(12)16/h2-3,8,10H,4-7H2,1H3,(H,19,20). The summed E-state index contributed by atoms with van der Waals surface area (Å²) in [6.07, 6.45) is 3.18. The van der Waals surface area contributed by atoms with Crippen LogP contribution in [-0.4, -0.2) is 11.4 Å². The first-order chi connectivity index (χ1) is 9.46. The Morgan fingerprint density at radius 2 is 2.15 bits per heavy atom. The van der Waals surface area contributed by atoms with Crippen LogP contribution in [0.2, 0.25) is 0 Å². The van der Waals surface area contributed by atoms with Crippen molar-refractivity contribution in [2.45, 2.75) is 38.1 Å². The summed E-state index contributed by atoms with van der Waals surface area (Å²) in [5, 5.41) is 12.2. The van der Waals surface area contributed by atoms with Crippen molar-refractivity contribution in [2.75, 3.05) is 0 Å². The molecule has 0 spiro atoms. The molecule has 0 radical (unpaired) electrons. The van der Waals surface area contributed by atoms with Gasteiger partial charge in [-0.3, -0.25) is 4.79 Å². The van der Waals surface area contributed by atoms with Crippen LogP contribution in [-0.2, 0) is 0 Å². The molecule has 0 heterocycles. The second-order valence-corrected chi connectivity index (χ2v) is 6.31. The van der Waals surface area contributed by atoms with Gasteiger partial charge < -0.3 is 5.32 Å². The number of benzene rings is 1. The third kappa shape index (κ3) is 3.18. The smallest absolute Gasteiger partial charge is 0.253 e. The van der Waals surface area contributed by atoms with E-state index in [0.717, 1.165) is 12.8 Å². The summed E-state index contributed by atoms with van der Waals surface area (Å²) in [5.74, 6) is -0.158. The number of halogens is 2. The highest BCUT2D eigenvalue weighted by Crippen LogP contribution is 2.32. The number of carbonyl (C=O) groups is 1.